The van der Waals surface area contributed by atoms with E-state index < -0.39 is 11.7 Å². The van der Waals surface area contributed by atoms with Gasteiger partial charge in [-0.1, -0.05) is 6.92 Å². The van der Waals surface area contributed by atoms with Gasteiger partial charge in [-0.15, -0.1) is 0 Å². The van der Waals surface area contributed by atoms with Gasteiger partial charge in [-0.05, 0) is 13.3 Å². The van der Waals surface area contributed by atoms with Crippen molar-refractivity contribution in [3.63, 3.8) is 0 Å². The number of aliphatic imine (C=N–C) groups is 1. The number of allylic oxidation sites excluding steroid dienone is 1. The summed E-state index contributed by atoms with van der Waals surface area (Å²) in [5.74, 6) is -3.48. The zero-order valence-electron chi connectivity index (χ0n) is 8.57. The van der Waals surface area contributed by atoms with Crippen LogP contribution in [-0.4, -0.2) is 17.7 Å². The lowest BCUT2D eigenvalue weighted by atomic mass is 9.96. The summed E-state index contributed by atoms with van der Waals surface area (Å²) in [5, 5.41) is 0. The molecule has 0 aliphatic carbocycles. The molecule has 0 aromatic carbocycles. The van der Waals surface area contributed by atoms with Crippen molar-refractivity contribution in [1.82, 2.24) is 0 Å². The minimum atomic E-state index is -3.04. The second-order valence-electron chi connectivity index (χ2n) is 3.66. The normalized spacial score (nSPS) is 23.9. The molecule has 0 spiro atoms. The summed E-state index contributed by atoms with van der Waals surface area (Å²) in [6.45, 7) is 4.05. The first kappa shape index (κ1) is 11.3. The standard InChI is InChI=1S/C10H14F3N/c1-4-7-8(11)5-6(2)14-9(7)10(3,12)13/h6H,4-5H2,1-3H3/t6-/m1/s1. The van der Waals surface area contributed by atoms with Gasteiger partial charge in [0.15, 0.2) is 0 Å². The van der Waals surface area contributed by atoms with Crippen molar-refractivity contribution in [1.29, 1.82) is 0 Å². The summed E-state index contributed by atoms with van der Waals surface area (Å²) in [6, 6.07) is -0.383. The van der Waals surface area contributed by atoms with Crippen LogP contribution in [0.5, 0.6) is 0 Å². The van der Waals surface area contributed by atoms with E-state index >= 15 is 0 Å². The number of nitrogens with zero attached hydrogens (tertiary/aromatic N) is 1. The first-order valence-electron chi connectivity index (χ1n) is 4.70. The summed E-state index contributed by atoms with van der Waals surface area (Å²) in [5.41, 5.74) is -0.299. The topological polar surface area (TPSA) is 12.4 Å². The third-order valence-electron chi connectivity index (χ3n) is 2.21. The highest BCUT2D eigenvalue weighted by atomic mass is 19.3. The van der Waals surface area contributed by atoms with E-state index in [0.717, 1.165) is 6.92 Å². The number of hydrogen-bond acceptors (Lipinski definition) is 1. The lowest BCUT2D eigenvalue weighted by molar-refractivity contribution is 0.0993. The molecule has 0 fully saturated rings. The van der Waals surface area contributed by atoms with Crippen LogP contribution in [-0.2, 0) is 0 Å². The molecule has 1 nitrogen and oxygen atoms in total. The molecule has 1 aliphatic rings. The van der Waals surface area contributed by atoms with Crippen LogP contribution in [0.25, 0.3) is 0 Å². The fourth-order valence-corrected chi connectivity index (χ4v) is 1.59. The molecule has 80 valence electrons. The van der Waals surface area contributed by atoms with Gasteiger partial charge in [0.2, 0.25) is 0 Å². The fourth-order valence-electron chi connectivity index (χ4n) is 1.59. The average molecular weight is 205 g/mol. The Hall–Kier alpha value is -0.800. The first-order chi connectivity index (χ1) is 6.36. The molecule has 14 heavy (non-hydrogen) atoms. The monoisotopic (exact) mass is 205 g/mol. The summed E-state index contributed by atoms with van der Waals surface area (Å²) < 4.78 is 39.5. The molecule has 0 bridgehead atoms. The molecule has 0 saturated heterocycles. The van der Waals surface area contributed by atoms with Gasteiger partial charge in [-0.25, -0.2) is 4.39 Å². The first-order valence-corrected chi connectivity index (χ1v) is 4.70. The maximum atomic E-state index is 13.3. The largest absolute Gasteiger partial charge is 0.286 e. The van der Waals surface area contributed by atoms with Gasteiger partial charge in [0.25, 0.3) is 5.92 Å². The summed E-state index contributed by atoms with van der Waals surface area (Å²) >= 11 is 0. The maximum absolute atomic E-state index is 13.3. The van der Waals surface area contributed by atoms with Gasteiger partial charge in [0.1, 0.15) is 11.5 Å². The van der Waals surface area contributed by atoms with Crippen molar-refractivity contribution in [2.75, 3.05) is 0 Å². The van der Waals surface area contributed by atoms with Crippen molar-refractivity contribution in [3.05, 3.63) is 11.4 Å². The molecular formula is C10H14F3N. The summed E-state index contributed by atoms with van der Waals surface area (Å²) in [7, 11) is 0. The van der Waals surface area contributed by atoms with E-state index in [4.69, 9.17) is 0 Å². The van der Waals surface area contributed by atoms with Gasteiger partial charge in [-0.3, -0.25) is 4.99 Å². The van der Waals surface area contributed by atoms with Crippen LogP contribution in [0.2, 0.25) is 0 Å². The van der Waals surface area contributed by atoms with Crippen molar-refractivity contribution in [3.8, 4) is 0 Å². The van der Waals surface area contributed by atoms with Crippen LogP contribution in [0.15, 0.2) is 16.4 Å². The Morgan fingerprint density at radius 2 is 2.07 bits per heavy atom. The number of halogens is 3. The molecule has 0 aromatic heterocycles. The van der Waals surface area contributed by atoms with E-state index in [2.05, 4.69) is 4.99 Å². The zero-order valence-corrected chi connectivity index (χ0v) is 8.57. The number of dihydropyridines is 1. The van der Waals surface area contributed by atoms with Gasteiger partial charge in [-0.2, -0.15) is 8.78 Å². The Morgan fingerprint density at radius 1 is 1.50 bits per heavy atom. The lowest BCUT2D eigenvalue weighted by Crippen LogP contribution is -2.31. The highest BCUT2D eigenvalue weighted by Crippen LogP contribution is 2.31. The van der Waals surface area contributed by atoms with Crippen molar-refractivity contribution < 1.29 is 13.2 Å². The second kappa shape index (κ2) is 3.75. The number of hydrogen-bond donors (Lipinski definition) is 0. The zero-order chi connectivity index (χ0) is 10.9. The van der Waals surface area contributed by atoms with Gasteiger partial charge < -0.3 is 0 Å². The highest BCUT2D eigenvalue weighted by Gasteiger charge is 2.35. The minimum Gasteiger partial charge on any atom is -0.280 e. The molecule has 0 unspecified atom stereocenters. The van der Waals surface area contributed by atoms with E-state index in [-0.39, 0.29) is 30.2 Å². The molecule has 1 heterocycles. The van der Waals surface area contributed by atoms with Crippen LogP contribution in [0.4, 0.5) is 13.2 Å². The molecule has 4 heteroatoms. The number of rotatable bonds is 2. The third kappa shape index (κ3) is 2.16. The third-order valence-corrected chi connectivity index (χ3v) is 2.21. The quantitative estimate of drug-likeness (QED) is 0.654. The van der Waals surface area contributed by atoms with Crippen LogP contribution < -0.4 is 0 Å². The van der Waals surface area contributed by atoms with Crippen LogP contribution in [0.3, 0.4) is 0 Å². The smallest absolute Gasteiger partial charge is 0.280 e. The van der Waals surface area contributed by atoms with E-state index in [1.54, 1.807) is 13.8 Å². The number of alkyl halides is 2. The van der Waals surface area contributed by atoms with Gasteiger partial charge >= 0.3 is 0 Å². The average Bonchev–Trinajstić information content (AvgIpc) is 2.01. The SMILES string of the molecule is CCC1=C(F)C[C@@H](C)N=C1C(C)(F)F. The van der Waals surface area contributed by atoms with Crippen LogP contribution in [0.1, 0.15) is 33.6 Å². The minimum absolute atomic E-state index is 0.0793. The van der Waals surface area contributed by atoms with E-state index in [0.29, 0.717) is 0 Å². The lowest BCUT2D eigenvalue weighted by Gasteiger charge is -2.23. The molecule has 1 aliphatic heterocycles. The molecular weight excluding hydrogens is 191 g/mol. The van der Waals surface area contributed by atoms with E-state index in [9.17, 15) is 13.2 Å². The van der Waals surface area contributed by atoms with Crippen LogP contribution in [0, 0.1) is 0 Å². The van der Waals surface area contributed by atoms with Crippen LogP contribution >= 0.6 is 0 Å². The predicted molar refractivity (Wildman–Crippen MR) is 50.6 cm³/mol. The summed E-state index contributed by atoms with van der Waals surface area (Å²) in [6.07, 6.45) is 0.406. The van der Waals surface area contributed by atoms with E-state index in [1.165, 1.54) is 0 Å². The molecule has 0 radical (unpaired) electrons. The van der Waals surface area contributed by atoms with Gasteiger partial charge in [0, 0.05) is 18.9 Å². The fraction of sp³-hybridized carbons (Fsp3) is 0.700. The molecule has 0 amide bonds. The van der Waals surface area contributed by atoms with Gasteiger partial charge in [0.05, 0.1) is 6.04 Å². The Morgan fingerprint density at radius 3 is 2.50 bits per heavy atom. The Balaban J connectivity index is 3.12. The second-order valence-corrected chi connectivity index (χ2v) is 3.66. The predicted octanol–water partition coefficient (Wildman–Crippen LogP) is 3.51. The Bertz CT molecular complexity index is 286. The van der Waals surface area contributed by atoms with Crippen molar-refractivity contribution >= 4 is 5.71 Å². The molecule has 1 rings (SSSR count). The highest BCUT2D eigenvalue weighted by molar-refractivity contribution is 6.05. The maximum Gasteiger partial charge on any atom is 0.286 e. The van der Waals surface area contributed by atoms with Crippen molar-refractivity contribution in [2.45, 2.75) is 45.6 Å². The molecule has 0 aromatic rings. The van der Waals surface area contributed by atoms with Crippen molar-refractivity contribution in [2.24, 2.45) is 4.99 Å². The molecule has 0 saturated carbocycles. The Labute approximate surface area is 81.7 Å². The molecule has 0 N–H and O–H groups in total. The Kier molecular flexibility index (Phi) is 3.02. The summed E-state index contributed by atoms with van der Waals surface area (Å²) in [4.78, 5) is 3.82. The molecule has 1 atom stereocenters. The van der Waals surface area contributed by atoms with E-state index in [1.807, 2.05) is 0 Å².